The van der Waals surface area contributed by atoms with E-state index in [0.29, 0.717) is 13.0 Å². The molecule has 0 aliphatic rings. The molecule has 5 nitrogen and oxygen atoms in total. The SMILES string of the molecule is COc1ccc2[nH]cc(CCNOC=O)c2c1. The standard InChI is InChI=1S/C12H14N2O3/c1-16-10-2-3-12-11(6-10)9(7-13-12)4-5-14-17-8-15/h2-3,6-8,13-14H,4-5H2,1H3. The predicted octanol–water partition coefficient (Wildman–Crippen LogP) is 1.40. The summed E-state index contributed by atoms with van der Waals surface area (Å²) >= 11 is 0. The number of carbonyl (C=O) groups is 1. The number of hydrogen-bond donors (Lipinski definition) is 2. The van der Waals surface area contributed by atoms with Crippen molar-refractivity contribution in [2.24, 2.45) is 0 Å². The molecule has 5 heteroatoms. The summed E-state index contributed by atoms with van der Waals surface area (Å²) in [5.41, 5.74) is 4.77. The Morgan fingerprint density at radius 2 is 2.35 bits per heavy atom. The highest BCUT2D eigenvalue weighted by Gasteiger charge is 2.04. The zero-order chi connectivity index (χ0) is 12.1. The van der Waals surface area contributed by atoms with Gasteiger partial charge in [-0.05, 0) is 30.2 Å². The van der Waals surface area contributed by atoms with Crippen molar-refractivity contribution in [2.75, 3.05) is 13.7 Å². The Labute approximate surface area is 98.7 Å². The van der Waals surface area contributed by atoms with Crippen molar-refractivity contribution in [1.29, 1.82) is 0 Å². The van der Waals surface area contributed by atoms with Gasteiger partial charge in [-0.25, -0.2) is 0 Å². The summed E-state index contributed by atoms with van der Waals surface area (Å²) in [4.78, 5) is 17.6. The summed E-state index contributed by atoms with van der Waals surface area (Å²) in [5.74, 6) is 0.829. The Bertz CT molecular complexity index is 507. The topological polar surface area (TPSA) is 63.4 Å². The number of H-pyrrole nitrogens is 1. The van der Waals surface area contributed by atoms with Crippen LogP contribution in [0.3, 0.4) is 0 Å². The quantitative estimate of drug-likeness (QED) is 0.450. The number of methoxy groups -OCH3 is 1. The number of carbonyl (C=O) groups excluding carboxylic acids is 1. The highest BCUT2D eigenvalue weighted by atomic mass is 16.7. The van der Waals surface area contributed by atoms with Gasteiger partial charge >= 0.3 is 6.47 Å². The van der Waals surface area contributed by atoms with Gasteiger partial charge in [0.2, 0.25) is 0 Å². The summed E-state index contributed by atoms with van der Waals surface area (Å²) in [7, 11) is 1.65. The second-order valence-electron chi connectivity index (χ2n) is 3.58. The molecule has 0 aliphatic heterocycles. The third-order valence-electron chi connectivity index (χ3n) is 2.60. The van der Waals surface area contributed by atoms with E-state index in [1.54, 1.807) is 7.11 Å². The van der Waals surface area contributed by atoms with E-state index in [-0.39, 0.29) is 0 Å². The summed E-state index contributed by atoms with van der Waals surface area (Å²) in [6.07, 6.45) is 2.72. The number of benzene rings is 1. The molecule has 2 rings (SSSR count). The van der Waals surface area contributed by atoms with Crippen LogP contribution in [0.15, 0.2) is 24.4 Å². The summed E-state index contributed by atoms with van der Waals surface area (Å²) < 4.78 is 5.19. The molecular weight excluding hydrogens is 220 g/mol. The second kappa shape index (κ2) is 5.36. The van der Waals surface area contributed by atoms with Gasteiger partial charge in [0, 0.05) is 23.6 Å². The lowest BCUT2D eigenvalue weighted by Crippen LogP contribution is -2.16. The van der Waals surface area contributed by atoms with Crippen LogP contribution in [0.4, 0.5) is 0 Å². The number of hydroxylamine groups is 1. The van der Waals surface area contributed by atoms with E-state index in [0.717, 1.165) is 28.6 Å². The maximum Gasteiger partial charge on any atom is 0.312 e. The zero-order valence-electron chi connectivity index (χ0n) is 9.53. The Kier molecular flexibility index (Phi) is 3.62. The van der Waals surface area contributed by atoms with E-state index in [1.165, 1.54) is 0 Å². The number of aromatic nitrogens is 1. The Balaban J connectivity index is 2.13. The van der Waals surface area contributed by atoms with E-state index in [1.807, 2.05) is 24.4 Å². The first-order valence-corrected chi connectivity index (χ1v) is 5.31. The molecule has 0 amide bonds. The van der Waals surface area contributed by atoms with Gasteiger partial charge in [-0.15, -0.1) is 0 Å². The molecule has 0 fully saturated rings. The molecule has 0 saturated heterocycles. The normalized spacial score (nSPS) is 10.4. The molecule has 0 saturated carbocycles. The minimum Gasteiger partial charge on any atom is -0.497 e. The lowest BCUT2D eigenvalue weighted by molar-refractivity contribution is -0.135. The van der Waals surface area contributed by atoms with Crippen LogP contribution in [-0.2, 0) is 16.1 Å². The van der Waals surface area contributed by atoms with Crippen molar-refractivity contribution in [3.8, 4) is 5.75 Å². The number of rotatable bonds is 6. The molecule has 1 aromatic heterocycles. The molecule has 0 bridgehead atoms. The van der Waals surface area contributed by atoms with Crippen LogP contribution in [0.2, 0.25) is 0 Å². The highest BCUT2D eigenvalue weighted by molar-refractivity contribution is 5.84. The molecule has 0 radical (unpaired) electrons. The van der Waals surface area contributed by atoms with E-state index in [9.17, 15) is 4.79 Å². The fraction of sp³-hybridized carbons (Fsp3) is 0.250. The summed E-state index contributed by atoms with van der Waals surface area (Å²) in [6.45, 7) is 0.946. The summed E-state index contributed by atoms with van der Waals surface area (Å²) in [6, 6.07) is 5.88. The average Bonchev–Trinajstić information content (AvgIpc) is 2.77. The fourth-order valence-corrected chi connectivity index (χ4v) is 1.77. The molecule has 0 unspecified atom stereocenters. The first-order chi connectivity index (χ1) is 8.35. The highest BCUT2D eigenvalue weighted by Crippen LogP contribution is 2.23. The first kappa shape index (κ1) is 11.5. The van der Waals surface area contributed by atoms with E-state index >= 15 is 0 Å². The van der Waals surface area contributed by atoms with Gasteiger partial charge in [-0.2, -0.15) is 5.48 Å². The van der Waals surface area contributed by atoms with Gasteiger partial charge in [-0.1, -0.05) is 0 Å². The average molecular weight is 234 g/mol. The van der Waals surface area contributed by atoms with Crippen LogP contribution >= 0.6 is 0 Å². The van der Waals surface area contributed by atoms with Crippen LogP contribution in [-0.4, -0.2) is 25.1 Å². The van der Waals surface area contributed by atoms with Gasteiger partial charge in [0.15, 0.2) is 0 Å². The molecule has 2 aromatic rings. The number of ether oxygens (including phenoxy) is 1. The van der Waals surface area contributed by atoms with Gasteiger partial charge in [0.1, 0.15) is 5.75 Å². The Hall–Kier alpha value is -2.01. The molecule has 0 spiro atoms. The van der Waals surface area contributed by atoms with Gasteiger partial charge in [-0.3, -0.25) is 4.79 Å². The first-order valence-electron chi connectivity index (χ1n) is 5.31. The molecular formula is C12H14N2O3. The van der Waals surface area contributed by atoms with E-state index < -0.39 is 0 Å². The van der Waals surface area contributed by atoms with Crippen LogP contribution in [0.1, 0.15) is 5.56 Å². The number of aromatic amines is 1. The summed E-state index contributed by atoms with van der Waals surface area (Å²) in [5, 5.41) is 1.12. The van der Waals surface area contributed by atoms with Crippen LogP contribution in [0, 0.1) is 0 Å². The molecule has 17 heavy (non-hydrogen) atoms. The maximum atomic E-state index is 9.95. The van der Waals surface area contributed by atoms with Crippen molar-refractivity contribution in [2.45, 2.75) is 6.42 Å². The molecule has 90 valence electrons. The molecule has 2 N–H and O–H groups in total. The van der Waals surface area contributed by atoms with Crippen molar-refractivity contribution in [1.82, 2.24) is 10.5 Å². The number of fused-ring (bicyclic) bond motifs is 1. The number of nitrogens with one attached hydrogen (secondary N) is 2. The zero-order valence-corrected chi connectivity index (χ0v) is 9.53. The van der Waals surface area contributed by atoms with Gasteiger partial charge in [0.25, 0.3) is 0 Å². The van der Waals surface area contributed by atoms with Gasteiger partial charge in [0.05, 0.1) is 7.11 Å². The fourth-order valence-electron chi connectivity index (χ4n) is 1.77. The minimum absolute atomic E-state index is 0.373. The lowest BCUT2D eigenvalue weighted by atomic mass is 10.1. The lowest BCUT2D eigenvalue weighted by Gasteiger charge is -2.02. The molecule has 0 atom stereocenters. The minimum atomic E-state index is 0.373. The number of hydrogen-bond acceptors (Lipinski definition) is 4. The maximum absolute atomic E-state index is 9.95. The van der Waals surface area contributed by atoms with Crippen molar-refractivity contribution in [3.05, 3.63) is 30.0 Å². The Morgan fingerprint density at radius 3 is 3.12 bits per heavy atom. The van der Waals surface area contributed by atoms with Crippen LogP contribution in [0.25, 0.3) is 10.9 Å². The second-order valence-corrected chi connectivity index (χ2v) is 3.58. The molecule has 1 aromatic carbocycles. The largest absolute Gasteiger partial charge is 0.497 e. The van der Waals surface area contributed by atoms with Crippen LogP contribution in [0.5, 0.6) is 5.75 Å². The van der Waals surface area contributed by atoms with Crippen molar-refractivity contribution in [3.63, 3.8) is 0 Å². The smallest absolute Gasteiger partial charge is 0.312 e. The predicted molar refractivity (Wildman–Crippen MR) is 63.7 cm³/mol. The molecule has 0 aliphatic carbocycles. The van der Waals surface area contributed by atoms with Crippen LogP contribution < -0.4 is 10.2 Å². The molecule has 1 heterocycles. The Morgan fingerprint density at radius 1 is 1.47 bits per heavy atom. The van der Waals surface area contributed by atoms with Gasteiger partial charge < -0.3 is 14.6 Å². The third-order valence-corrected chi connectivity index (χ3v) is 2.60. The van der Waals surface area contributed by atoms with Crippen molar-refractivity contribution < 1.29 is 14.4 Å². The van der Waals surface area contributed by atoms with Crippen molar-refractivity contribution >= 4 is 17.4 Å². The van der Waals surface area contributed by atoms with E-state index in [4.69, 9.17) is 4.74 Å². The van der Waals surface area contributed by atoms with E-state index in [2.05, 4.69) is 15.3 Å². The monoisotopic (exact) mass is 234 g/mol. The third kappa shape index (κ3) is 2.57.